The van der Waals surface area contributed by atoms with E-state index in [0.29, 0.717) is 16.9 Å². The molecule has 0 bridgehead atoms. The van der Waals surface area contributed by atoms with Crippen LogP contribution in [0.2, 0.25) is 0 Å². The Morgan fingerprint density at radius 2 is 1.83 bits per heavy atom. The molecule has 3 aromatic rings. The van der Waals surface area contributed by atoms with Gasteiger partial charge in [0.2, 0.25) is 5.95 Å². The van der Waals surface area contributed by atoms with E-state index in [9.17, 15) is 9.59 Å². The summed E-state index contributed by atoms with van der Waals surface area (Å²) < 4.78 is 12.7. The number of halogens is 1. The van der Waals surface area contributed by atoms with Crippen LogP contribution >= 0.6 is 15.9 Å². The van der Waals surface area contributed by atoms with Gasteiger partial charge in [0, 0.05) is 15.6 Å². The first-order valence-corrected chi connectivity index (χ1v) is 9.65. The molecular formula is C20H16BrN5O4. The third-order valence-electron chi connectivity index (χ3n) is 4.69. The predicted molar refractivity (Wildman–Crippen MR) is 110 cm³/mol. The fraction of sp³-hybridized carbons (Fsp3) is 0.150. The van der Waals surface area contributed by atoms with Gasteiger partial charge in [-0.3, -0.25) is 4.79 Å². The van der Waals surface area contributed by atoms with Gasteiger partial charge >= 0.3 is 5.97 Å². The Hall–Kier alpha value is -3.53. The Bertz CT molecular complexity index is 1160. The molecular weight excluding hydrogens is 454 g/mol. The summed E-state index contributed by atoms with van der Waals surface area (Å²) in [7, 11) is 2.77. The van der Waals surface area contributed by atoms with E-state index in [-0.39, 0.29) is 23.0 Å². The molecule has 0 radical (unpaired) electrons. The number of fused-ring (bicyclic) bond motifs is 1. The zero-order valence-corrected chi connectivity index (χ0v) is 17.6. The van der Waals surface area contributed by atoms with Crippen molar-refractivity contribution < 1.29 is 19.1 Å². The fourth-order valence-corrected chi connectivity index (χ4v) is 3.59. The van der Waals surface area contributed by atoms with Crippen molar-refractivity contribution in [1.82, 2.24) is 20.2 Å². The number of tetrazole rings is 1. The number of anilines is 1. The second-order valence-electron chi connectivity index (χ2n) is 6.33. The largest absolute Gasteiger partial charge is 0.496 e. The monoisotopic (exact) mass is 469 g/mol. The number of methoxy groups -OCH3 is 2. The number of allylic oxidation sites excluding steroid dienone is 1. The molecule has 0 saturated heterocycles. The second kappa shape index (κ2) is 8.07. The number of carbonyl (C=O) groups excluding carboxylic acids is 2. The van der Waals surface area contributed by atoms with E-state index in [0.717, 1.165) is 4.47 Å². The van der Waals surface area contributed by atoms with Gasteiger partial charge in [-0.05, 0) is 40.8 Å². The fourth-order valence-electron chi connectivity index (χ4n) is 3.33. The highest BCUT2D eigenvalue weighted by Crippen LogP contribution is 2.40. The smallest absolute Gasteiger partial charge is 0.355 e. The number of rotatable bonds is 5. The van der Waals surface area contributed by atoms with Crippen LogP contribution < -0.4 is 10.1 Å². The standard InChI is InChI=1S/C20H16BrN5O4/c1-29-14-6-4-3-5-13(14)17-15(18(27)11-7-9-12(21)10-8-11)16(19(28)30-2)22-20-23-24-25-26(17)20/h3-10,17H,1-2H3,(H,22,23,25)/t17-/m1/s1. The summed E-state index contributed by atoms with van der Waals surface area (Å²) in [6, 6.07) is 13.2. The van der Waals surface area contributed by atoms with E-state index in [1.165, 1.54) is 18.9 Å². The van der Waals surface area contributed by atoms with Crippen LogP contribution in [0.3, 0.4) is 0 Å². The molecule has 1 aromatic heterocycles. The maximum absolute atomic E-state index is 13.6. The van der Waals surface area contributed by atoms with Crippen molar-refractivity contribution in [1.29, 1.82) is 0 Å². The summed E-state index contributed by atoms with van der Waals surface area (Å²) in [4.78, 5) is 26.2. The molecule has 0 saturated carbocycles. The minimum absolute atomic E-state index is 0.0244. The Kier molecular flexibility index (Phi) is 5.32. The number of hydrogen-bond acceptors (Lipinski definition) is 8. The van der Waals surface area contributed by atoms with E-state index in [1.807, 2.05) is 12.1 Å². The predicted octanol–water partition coefficient (Wildman–Crippen LogP) is 2.77. The molecule has 152 valence electrons. The molecule has 30 heavy (non-hydrogen) atoms. The van der Waals surface area contributed by atoms with E-state index in [1.54, 1.807) is 36.4 Å². The number of hydrogen-bond donors (Lipinski definition) is 1. The summed E-state index contributed by atoms with van der Waals surface area (Å²) in [5, 5.41) is 14.5. The number of ketones is 1. The lowest BCUT2D eigenvalue weighted by Gasteiger charge is -2.28. The van der Waals surface area contributed by atoms with Gasteiger partial charge in [-0.25, -0.2) is 4.79 Å². The molecule has 4 rings (SSSR count). The second-order valence-corrected chi connectivity index (χ2v) is 7.25. The van der Waals surface area contributed by atoms with Gasteiger partial charge in [-0.1, -0.05) is 39.2 Å². The van der Waals surface area contributed by atoms with Crippen LogP contribution in [0.4, 0.5) is 5.95 Å². The zero-order chi connectivity index (χ0) is 21.3. The third kappa shape index (κ3) is 3.35. The molecule has 2 heterocycles. The van der Waals surface area contributed by atoms with Crippen molar-refractivity contribution in [3.63, 3.8) is 0 Å². The molecule has 10 heteroatoms. The van der Waals surface area contributed by atoms with Crippen LogP contribution in [-0.4, -0.2) is 46.2 Å². The van der Waals surface area contributed by atoms with Crippen LogP contribution in [0.15, 0.2) is 64.3 Å². The number of Topliss-reactive ketones (excluding diaryl/α,β-unsaturated/α-hetero) is 1. The maximum atomic E-state index is 13.6. The molecule has 1 N–H and O–H groups in total. The number of esters is 1. The molecule has 2 aromatic carbocycles. The first kappa shape index (κ1) is 19.8. The molecule has 1 atom stereocenters. The average Bonchev–Trinajstić information content (AvgIpc) is 3.25. The van der Waals surface area contributed by atoms with Crippen molar-refractivity contribution in [3.05, 3.63) is 75.4 Å². The summed E-state index contributed by atoms with van der Waals surface area (Å²) in [5.41, 5.74) is 1.14. The minimum Gasteiger partial charge on any atom is -0.496 e. The highest BCUT2D eigenvalue weighted by Gasteiger charge is 2.39. The first-order chi connectivity index (χ1) is 14.5. The topological polar surface area (TPSA) is 108 Å². The molecule has 0 amide bonds. The number of nitrogens with one attached hydrogen (secondary N) is 1. The number of aromatic nitrogens is 4. The number of carbonyl (C=O) groups is 2. The van der Waals surface area contributed by atoms with Gasteiger partial charge < -0.3 is 14.8 Å². The van der Waals surface area contributed by atoms with Crippen LogP contribution in [0, 0.1) is 0 Å². The van der Waals surface area contributed by atoms with Gasteiger partial charge in [0.05, 0.1) is 19.8 Å². The van der Waals surface area contributed by atoms with Gasteiger partial charge in [0.1, 0.15) is 17.5 Å². The van der Waals surface area contributed by atoms with Gasteiger partial charge in [0.25, 0.3) is 0 Å². The van der Waals surface area contributed by atoms with Gasteiger partial charge in [-0.2, -0.15) is 4.68 Å². The van der Waals surface area contributed by atoms with Gasteiger partial charge in [-0.15, -0.1) is 0 Å². The highest BCUT2D eigenvalue weighted by atomic mass is 79.9. The van der Waals surface area contributed by atoms with Crippen LogP contribution in [0.5, 0.6) is 5.75 Å². The van der Waals surface area contributed by atoms with Gasteiger partial charge in [0.15, 0.2) is 5.78 Å². The molecule has 0 fully saturated rings. The average molecular weight is 470 g/mol. The molecule has 9 nitrogen and oxygen atoms in total. The van der Waals surface area contributed by atoms with Crippen molar-refractivity contribution in [2.75, 3.05) is 19.5 Å². The third-order valence-corrected chi connectivity index (χ3v) is 5.22. The lowest BCUT2D eigenvalue weighted by atomic mass is 9.89. The highest BCUT2D eigenvalue weighted by molar-refractivity contribution is 9.10. The van der Waals surface area contributed by atoms with E-state index >= 15 is 0 Å². The summed E-state index contributed by atoms with van der Waals surface area (Å²) in [6.45, 7) is 0. The Balaban J connectivity index is 1.98. The number of para-hydroxylation sites is 1. The zero-order valence-electron chi connectivity index (χ0n) is 16.0. The van der Waals surface area contributed by atoms with E-state index in [4.69, 9.17) is 9.47 Å². The van der Waals surface area contributed by atoms with Crippen molar-refractivity contribution >= 4 is 33.6 Å². The normalized spacial score (nSPS) is 15.2. The SMILES string of the molecule is COC(=O)C1=C(C(=O)c2ccc(Br)cc2)[C@@H](c2ccccc2OC)n2nnnc2N1. The molecule has 0 unspecified atom stereocenters. The molecule has 0 spiro atoms. The lowest BCUT2D eigenvalue weighted by Crippen LogP contribution is -2.33. The number of ether oxygens (including phenoxy) is 2. The summed E-state index contributed by atoms with van der Waals surface area (Å²) >= 11 is 3.36. The molecule has 1 aliphatic heterocycles. The van der Waals surface area contributed by atoms with E-state index < -0.39 is 12.0 Å². The van der Waals surface area contributed by atoms with Crippen LogP contribution in [0.1, 0.15) is 22.0 Å². The number of nitrogens with zero attached hydrogens (tertiary/aromatic N) is 4. The Labute approximate surface area is 179 Å². The Morgan fingerprint density at radius 3 is 2.53 bits per heavy atom. The maximum Gasteiger partial charge on any atom is 0.355 e. The summed E-state index contributed by atoms with van der Waals surface area (Å²) in [6.07, 6.45) is 0. The van der Waals surface area contributed by atoms with Crippen molar-refractivity contribution in [2.24, 2.45) is 0 Å². The first-order valence-electron chi connectivity index (χ1n) is 8.85. The van der Waals surface area contributed by atoms with Crippen molar-refractivity contribution in [3.8, 4) is 5.75 Å². The van der Waals surface area contributed by atoms with Crippen molar-refractivity contribution in [2.45, 2.75) is 6.04 Å². The van der Waals surface area contributed by atoms with Crippen LogP contribution in [-0.2, 0) is 9.53 Å². The van der Waals surface area contributed by atoms with E-state index in [2.05, 4.69) is 36.8 Å². The minimum atomic E-state index is -0.808. The molecule has 0 aliphatic carbocycles. The quantitative estimate of drug-likeness (QED) is 0.448. The van der Waals surface area contributed by atoms with Crippen LogP contribution in [0.25, 0.3) is 0 Å². The Morgan fingerprint density at radius 1 is 1.10 bits per heavy atom. The number of benzene rings is 2. The molecule has 1 aliphatic rings. The lowest BCUT2D eigenvalue weighted by molar-refractivity contribution is -0.136. The summed E-state index contributed by atoms with van der Waals surface area (Å²) in [5.74, 6) is -0.341.